The predicted octanol–water partition coefficient (Wildman–Crippen LogP) is 3.05. The molecule has 0 amide bonds. The molecule has 7 nitrogen and oxygen atoms in total. The van der Waals surface area contributed by atoms with E-state index in [0.717, 1.165) is 18.4 Å². The minimum absolute atomic E-state index is 0.218. The van der Waals surface area contributed by atoms with Crippen molar-refractivity contribution in [1.29, 1.82) is 0 Å². The number of hydrogen-bond donors (Lipinski definition) is 0. The summed E-state index contributed by atoms with van der Waals surface area (Å²) in [7, 11) is -3.29. The number of hydrogen-bond acceptors (Lipinski definition) is 5. The Morgan fingerprint density at radius 3 is 2.43 bits per heavy atom. The fourth-order valence-electron chi connectivity index (χ4n) is 3.17. The average molecular weight is 420 g/mol. The van der Waals surface area contributed by atoms with Gasteiger partial charge >= 0.3 is 0 Å². The van der Waals surface area contributed by atoms with Crippen LogP contribution in [0.2, 0.25) is 0 Å². The number of aromatic nitrogens is 4. The topological polar surface area (TPSA) is 86.9 Å². The molecule has 0 saturated heterocycles. The van der Waals surface area contributed by atoms with Gasteiger partial charge in [-0.1, -0.05) is 19.1 Å². The third kappa shape index (κ3) is 3.81. The molecule has 0 N–H and O–H groups in total. The van der Waals surface area contributed by atoms with E-state index in [1.54, 1.807) is 40.0 Å². The van der Waals surface area contributed by atoms with Gasteiger partial charge in [0, 0.05) is 18.5 Å². The maximum atomic E-state index is 12.6. The van der Waals surface area contributed by atoms with Crippen molar-refractivity contribution < 1.29 is 8.42 Å². The molecule has 4 rings (SSSR count). The molecule has 0 unspecified atom stereocenters. The van der Waals surface area contributed by atoms with Crippen LogP contribution in [0.4, 0.5) is 0 Å². The van der Waals surface area contributed by atoms with E-state index in [1.807, 2.05) is 24.3 Å². The molecule has 0 radical (unpaired) electrons. The molecule has 0 aliphatic heterocycles. The summed E-state index contributed by atoms with van der Waals surface area (Å²) in [4.78, 5) is 12.8. The molecule has 2 aromatic carbocycles. The van der Waals surface area contributed by atoms with Crippen molar-refractivity contribution in [3.05, 3.63) is 88.8 Å². The average Bonchev–Trinajstić information content (AvgIpc) is 3.23. The summed E-state index contributed by atoms with van der Waals surface area (Å²) >= 11 is 0. The number of rotatable bonds is 5. The molecular formula is C22H20N4O3S. The summed E-state index contributed by atoms with van der Waals surface area (Å²) < 4.78 is 26.6. The number of benzene rings is 2. The van der Waals surface area contributed by atoms with Gasteiger partial charge in [0.25, 0.3) is 0 Å². The SMILES string of the molecule is CCc1cccc(-n2ccc(=O)c(-c3ccnn3-c3ccc(S(C)(=O)=O)cc3)n2)c1. The zero-order chi connectivity index (χ0) is 21.3. The first-order chi connectivity index (χ1) is 14.4. The molecule has 0 aliphatic rings. The van der Waals surface area contributed by atoms with E-state index >= 15 is 0 Å². The fraction of sp³-hybridized carbons (Fsp3) is 0.136. The van der Waals surface area contributed by atoms with Gasteiger partial charge < -0.3 is 0 Å². The largest absolute Gasteiger partial charge is 0.287 e. The molecule has 0 saturated carbocycles. The zero-order valence-electron chi connectivity index (χ0n) is 16.6. The van der Waals surface area contributed by atoms with Gasteiger partial charge in [0.05, 0.1) is 28.2 Å². The number of nitrogens with zero attached hydrogens (tertiary/aromatic N) is 4. The third-order valence-corrected chi connectivity index (χ3v) is 5.91. The summed E-state index contributed by atoms with van der Waals surface area (Å²) in [5.41, 5.74) is 3.21. The minimum atomic E-state index is -3.29. The molecule has 0 atom stereocenters. The number of sulfone groups is 1. The summed E-state index contributed by atoms with van der Waals surface area (Å²) in [5, 5.41) is 8.86. The van der Waals surface area contributed by atoms with Crippen LogP contribution in [0.3, 0.4) is 0 Å². The van der Waals surface area contributed by atoms with Crippen LogP contribution >= 0.6 is 0 Å². The second-order valence-electron chi connectivity index (χ2n) is 6.89. The summed E-state index contributed by atoms with van der Waals surface area (Å²) in [5.74, 6) is 0. The Kier molecular flexibility index (Phi) is 5.09. The van der Waals surface area contributed by atoms with E-state index in [9.17, 15) is 13.2 Å². The van der Waals surface area contributed by atoms with Gasteiger partial charge in [-0.3, -0.25) is 4.79 Å². The second-order valence-corrected chi connectivity index (χ2v) is 8.91. The van der Waals surface area contributed by atoms with Gasteiger partial charge in [0.15, 0.2) is 15.5 Å². The highest BCUT2D eigenvalue weighted by atomic mass is 32.2. The van der Waals surface area contributed by atoms with E-state index in [2.05, 4.69) is 17.1 Å². The monoisotopic (exact) mass is 420 g/mol. The van der Waals surface area contributed by atoms with Gasteiger partial charge in [-0.2, -0.15) is 10.2 Å². The van der Waals surface area contributed by atoms with Crippen LogP contribution in [0.15, 0.2) is 82.7 Å². The Labute approximate surface area is 174 Å². The Hall–Kier alpha value is -3.52. The van der Waals surface area contributed by atoms with Crippen molar-refractivity contribution in [2.75, 3.05) is 6.26 Å². The fourth-order valence-corrected chi connectivity index (χ4v) is 3.80. The first kappa shape index (κ1) is 19.8. The Morgan fingerprint density at radius 2 is 1.73 bits per heavy atom. The molecule has 0 spiro atoms. The molecule has 8 heteroatoms. The summed E-state index contributed by atoms with van der Waals surface area (Å²) in [6.07, 6.45) is 5.28. The lowest BCUT2D eigenvalue weighted by atomic mass is 10.1. The van der Waals surface area contributed by atoms with Crippen molar-refractivity contribution in [3.63, 3.8) is 0 Å². The van der Waals surface area contributed by atoms with Crippen LogP contribution in [0, 0.1) is 0 Å². The van der Waals surface area contributed by atoms with Crippen molar-refractivity contribution in [2.45, 2.75) is 18.2 Å². The van der Waals surface area contributed by atoms with E-state index in [4.69, 9.17) is 0 Å². The second kappa shape index (κ2) is 7.72. The lowest BCUT2D eigenvalue weighted by Crippen LogP contribution is -2.15. The highest BCUT2D eigenvalue weighted by molar-refractivity contribution is 7.90. The lowest BCUT2D eigenvalue weighted by molar-refractivity contribution is 0.602. The molecule has 2 heterocycles. The van der Waals surface area contributed by atoms with E-state index in [1.165, 1.54) is 23.8 Å². The van der Waals surface area contributed by atoms with Gasteiger partial charge in [0.2, 0.25) is 5.43 Å². The molecule has 4 aromatic rings. The molecular weight excluding hydrogens is 400 g/mol. The minimum Gasteiger partial charge on any atom is -0.287 e. The highest BCUT2D eigenvalue weighted by Gasteiger charge is 2.15. The van der Waals surface area contributed by atoms with Crippen LogP contribution in [-0.4, -0.2) is 34.2 Å². The molecule has 152 valence electrons. The Balaban J connectivity index is 1.79. The molecule has 0 fully saturated rings. The molecule has 30 heavy (non-hydrogen) atoms. The first-order valence-electron chi connectivity index (χ1n) is 9.41. The van der Waals surface area contributed by atoms with Gasteiger partial charge in [-0.15, -0.1) is 0 Å². The standard InChI is InChI=1S/C22H20N4O3S/c1-3-16-5-4-6-18(15-16)25-14-12-21(27)22(24-25)20-11-13-23-26(20)17-7-9-19(10-8-17)30(2,28)29/h4-15H,3H2,1-2H3. The predicted molar refractivity (Wildman–Crippen MR) is 115 cm³/mol. The van der Waals surface area contributed by atoms with Crippen molar-refractivity contribution >= 4 is 9.84 Å². The van der Waals surface area contributed by atoms with Gasteiger partial charge in [-0.25, -0.2) is 17.8 Å². The van der Waals surface area contributed by atoms with Crippen molar-refractivity contribution in [2.24, 2.45) is 0 Å². The first-order valence-corrected chi connectivity index (χ1v) is 11.3. The molecule has 0 aliphatic carbocycles. The maximum absolute atomic E-state index is 12.6. The molecule has 2 aromatic heterocycles. The number of aryl methyl sites for hydroxylation is 1. The lowest BCUT2D eigenvalue weighted by Gasteiger charge is -2.11. The van der Waals surface area contributed by atoms with Crippen molar-refractivity contribution in [3.8, 4) is 22.8 Å². The highest BCUT2D eigenvalue weighted by Crippen LogP contribution is 2.20. The Morgan fingerprint density at radius 1 is 0.967 bits per heavy atom. The summed E-state index contributed by atoms with van der Waals surface area (Å²) in [6, 6.07) is 17.5. The van der Waals surface area contributed by atoms with E-state index in [0.29, 0.717) is 11.4 Å². The van der Waals surface area contributed by atoms with Gasteiger partial charge in [0.1, 0.15) is 0 Å². The third-order valence-electron chi connectivity index (χ3n) is 4.79. The summed E-state index contributed by atoms with van der Waals surface area (Å²) in [6.45, 7) is 2.08. The van der Waals surface area contributed by atoms with Gasteiger partial charge in [-0.05, 0) is 54.4 Å². The van der Waals surface area contributed by atoms with E-state index in [-0.39, 0.29) is 16.0 Å². The normalized spacial score (nSPS) is 11.5. The van der Waals surface area contributed by atoms with Crippen molar-refractivity contribution in [1.82, 2.24) is 19.6 Å². The molecule has 0 bridgehead atoms. The van der Waals surface area contributed by atoms with Crippen LogP contribution in [0.1, 0.15) is 12.5 Å². The Bertz CT molecular complexity index is 1370. The van der Waals surface area contributed by atoms with Crippen LogP contribution < -0.4 is 5.43 Å². The van der Waals surface area contributed by atoms with E-state index < -0.39 is 9.84 Å². The van der Waals surface area contributed by atoms with Crippen LogP contribution in [0.5, 0.6) is 0 Å². The maximum Gasteiger partial charge on any atom is 0.209 e. The quantitative estimate of drug-likeness (QED) is 0.495. The zero-order valence-corrected chi connectivity index (χ0v) is 17.4. The smallest absolute Gasteiger partial charge is 0.209 e. The van der Waals surface area contributed by atoms with Crippen LogP contribution in [0.25, 0.3) is 22.8 Å². The van der Waals surface area contributed by atoms with Crippen LogP contribution in [-0.2, 0) is 16.3 Å².